The molecule has 17 heavy (non-hydrogen) atoms. The highest BCUT2D eigenvalue weighted by atomic mass is 32.2. The fraction of sp³-hybridized carbons (Fsp3) is 0.786. The van der Waals surface area contributed by atoms with Crippen LogP contribution in [-0.2, 0) is 9.53 Å². The van der Waals surface area contributed by atoms with E-state index in [4.69, 9.17) is 4.74 Å². The summed E-state index contributed by atoms with van der Waals surface area (Å²) in [7, 11) is 0. The van der Waals surface area contributed by atoms with E-state index >= 15 is 0 Å². The van der Waals surface area contributed by atoms with Crippen molar-refractivity contribution in [2.45, 2.75) is 58.8 Å². The van der Waals surface area contributed by atoms with Crippen LogP contribution < -0.4 is 0 Å². The molecule has 98 valence electrons. The molecule has 2 atom stereocenters. The Morgan fingerprint density at radius 1 is 1.41 bits per heavy atom. The number of allylic oxidation sites excluding steroid dienone is 1. The van der Waals surface area contributed by atoms with Crippen LogP contribution in [0.4, 0.5) is 0 Å². The van der Waals surface area contributed by atoms with Crippen molar-refractivity contribution in [2.24, 2.45) is 5.41 Å². The molecule has 1 aliphatic rings. The Balaban J connectivity index is 2.94. The van der Waals surface area contributed by atoms with E-state index in [9.17, 15) is 4.79 Å². The number of hydrogen-bond donors (Lipinski definition) is 0. The topological polar surface area (TPSA) is 26.3 Å². The molecule has 0 fully saturated rings. The van der Waals surface area contributed by atoms with Gasteiger partial charge in [-0.2, -0.15) is 11.8 Å². The summed E-state index contributed by atoms with van der Waals surface area (Å²) in [6.45, 7) is 12.0. The molecule has 0 amide bonds. The molecule has 0 saturated heterocycles. The Kier molecular flexibility index (Phi) is 4.02. The summed E-state index contributed by atoms with van der Waals surface area (Å²) in [5.41, 5.74) is 1.86. The maximum Gasteiger partial charge on any atom is 0.314 e. The van der Waals surface area contributed by atoms with Crippen molar-refractivity contribution in [1.29, 1.82) is 0 Å². The zero-order chi connectivity index (χ0) is 13.4. The monoisotopic (exact) mass is 256 g/mol. The van der Waals surface area contributed by atoms with Gasteiger partial charge in [-0.05, 0) is 54.2 Å². The number of esters is 1. The van der Waals surface area contributed by atoms with Gasteiger partial charge in [0, 0.05) is 5.25 Å². The van der Waals surface area contributed by atoms with Crippen LogP contribution in [0.1, 0.15) is 48.0 Å². The zero-order valence-corrected chi connectivity index (χ0v) is 12.8. The molecular weight excluding hydrogens is 232 g/mol. The molecule has 0 aromatic heterocycles. The van der Waals surface area contributed by atoms with Gasteiger partial charge in [0.05, 0.1) is 5.41 Å². The highest BCUT2D eigenvalue weighted by molar-refractivity contribution is 7.99. The Hall–Kier alpha value is -0.440. The molecule has 0 aliphatic heterocycles. The van der Waals surface area contributed by atoms with Crippen molar-refractivity contribution < 1.29 is 9.53 Å². The van der Waals surface area contributed by atoms with E-state index < -0.39 is 11.0 Å². The van der Waals surface area contributed by atoms with Crippen LogP contribution in [0.2, 0.25) is 0 Å². The SMILES string of the molecule is CS[C@H]1C(C)=C(C)C[C@]1(C)C(=O)OC(C)(C)C. The molecule has 3 heteroatoms. The fourth-order valence-electron chi connectivity index (χ4n) is 2.50. The molecular formula is C14H24O2S. The second-order valence-corrected chi connectivity index (χ2v) is 7.12. The number of carbonyl (C=O) groups excluding carboxylic acids is 1. The lowest BCUT2D eigenvalue weighted by Gasteiger charge is -2.33. The molecule has 0 N–H and O–H groups in total. The van der Waals surface area contributed by atoms with Crippen molar-refractivity contribution in [2.75, 3.05) is 6.26 Å². The van der Waals surface area contributed by atoms with Gasteiger partial charge in [-0.3, -0.25) is 4.79 Å². The zero-order valence-electron chi connectivity index (χ0n) is 12.0. The number of thioether (sulfide) groups is 1. The molecule has 0 unspecified atom stereocenters. The second kappa shape index (κ2) is 4.68. The molecule has 0 aromatic rings. The highest BCUT2D eigenvalue weighted by Gasteiger charge is 2.48. The summed E-state index contributed by atoms with van der Waals surface area (Å²) in [4.78, 5) is 12.4. The van der Waals surface area contributed by atoms with Crippen LogP contribution in [0.25, 0.3) is 0 Å². The lowest BCUT2D eigenvalue weighted by Crippen LogP contribution is -2.40. The predicted octanol–water partition coefficient (Wildman–Crippen LogP) is 3.81. The number of carbonyl (C=O) groups is 1. The van der Waals surface area contributed by atoms with Crippen LogP contribution in [0.5, 0.6) is 0 Å². The first-order chi connectivity index (χ1) is 7.62. The van der Waals surface area contributed by atoms with E-state index in [0.29, 0.717) is 0 Å². The van der Waals surface area contributed by atoms with Crippen LogP contribution in [0.15, 0.2) is 11.1 Å². The van der Waals surface area contributed by atoms with Gasteiger partial charge >= 0.3 is 5.97 Å². The van der Waals surface area contributed by atoms with E-state index in [1.807, 2.05) is 27.7 Å². The van der Waals surface area contributed by atoms with Crippen LogP contribution >= 0.6 is 11.8 Å². The average molecular weight is 256 g/mol. The minimum atomic E-state index is -0.409. The first kappa shape index (κ1) is 14.6. The van der Waals surface area contributed by atoms with Crippen LogP contribution in [-0.4, -0.2) is 23.1 Å². The van der Waals surface area contributed by atoms with Gasteiger partial charge in [0.15, 0.2) is 0 Å². The van der Waals surface area contributed by atoms with Gasteiger partial charge in [-0.1, -0.05) is 11.1 Å². The summed E-state index contributed by atoms with van der Waals surface area (Å²) in [5.74, 6) is -0.0689. The van der Waals surface area contributed by atoms with Gasteiger partial charge < -0.3 is 4.74 Å². The van der Waals surface area contributed by atoms with Gasteiger partial charge in [-0.15, -0.1) is 0 Å². The maximum atomic E-state index is 12.4. The first-order valence-corrected chi connectivity index (χ1v) is 7.33. The standard InChI is InChI=1S/C14H24O2S/c1-9-8-14(6,11(17-7)10(9)2)12(15)16-13(3,4)5/h11H,8H2,1-7H3/t11-,14-/m0/s1. The van der Waals surface area contributed by atoms with E-state index in [-0.39, 0.29) is 11.2 Å². The molecule has 2 nitrogen and oxygen atoms in total. The Bertz CT molecular complexity index is 352. The molecule has 0 radical (unpaired) electrons. The van der Waals surface area contributed by atoms with Crippen LogP contribution in [0.3, 0.4) is 0 Å². The van der Waals surface area contributed by atoms with Crippen molar-refractivity contribution in [3.8, 4) is 0 Å². The Morgan fingerprint density at radius 2 is 1.94 bits per heavy atom. The summed E-state index contributed by atoms with van der Waals surface area (Å²) in [6.07, 6.45) is 2.88. The molecule has 1 rings (SSSR count). The molecule has 0 heterocycles. The maximum absolute atomic E-state index is 12.4. The van der Waals surface area contributed by atoms with Crippen LogP contribution in [0, 0.1) is 5.41 Å². The van der Waals surface area contributed by atoms with E-state index in [1.54, 1.807) is 11.8 Å². The van der Waals surface area contributed by atoms with Crippen molar-refractivity contribution in [3.05, 3.63) is 11.1 Å². The summed E-state index contributed by atoms with van der Waals surface area (Å²) < 4.78 is 5.57. The third kappa shape index (κ3) is 2.87. The Morgan fingerprint density at radius 3 is 2.35 bits per heavy atom. The summed E-state index contributed by atoms with van der Waals surface area (Å²) in [6, 6.07) is 0. The summed E-state index contributed by atoms with van der Waals surface area (Å²) in [5, 5.41) is 0.248. The van der Waals surface area contributed by atoms with Gasteiger partial charge in [0.1, 0.15) is 5.60 Å². The molecule has 0 spiro atoms. The van der Waals surface area contributed by atoms with Crippen molar-refractivity contribution in [3.63, 3.8) is 0 Å². The van der Waals surface area contributed by atoms with Gasteiger partial charge in [-0.25, -0.2) is 0 Å². The molecule has 1 aliphatic carbocycles. The predicted molar refractivity (Wildman–Crippen MR) is 74.2 cm³/mol. The number of rotatable bonds is 2. The lowest BCUT2D eigenvalue weighted by atomic mass is 9.85. The third-order valence-electron chi connectivity index (χ3n) is 3.38. The first-order valence-electron chi connectivity index (χ1n) is 6.04. The van der Waals surface area contributed by atoms with Gasteiger partial charge in [0.2, 0.25) is 0 Å². The van der Waals surface area contributed by atoms with Crippen molar-refractivity contribution in [1.82, 2.24) is 0 Å². The minimum absolute atomic E-state index is 0.0689. The molecule has 0 aromatic carbocycles. The second-order valence-electron chi connectivity index (χ2n) is 6.18. The quantitative estimate of drug-likeness (QED) is 0.555. The summed E-state index contributed by atoms with van der Waals surface area (Å²) >= 11 is 1.75. The average Bonchev–Trinajstić information content (AvgIpc) is 2.36. The molecule has 0 saturated carbocycles. The number of hydrogen-bond acceptors (Lipinski definition) is 3. The fourth-order valence-corrected chi connectivity index (χ4v) is 3.75. The van der Waals surface area contributed by atoms with Crippen molar-refractivity contribution >= 4 is 17.7 Å². The normalized spacial score (nSPS) is 29.7. The molecule has 0 bridgehead atoms. The smallest absolute Gasteiger partial charge is 0.314 e. The highest BCUT2D eigenvalue weighted by Crippen LogP contribution is 2.48. The van der Waals surface area contributed by atoms with E-state index in [0.717, 1.165) is 6.42 Å². The third-order valence-corrected chi connectivity index (χ3v) is 4.72. The van der Waals surface area contributed by atoms with E-state index in [1.165, 1.54) is 11.1 Å². The minimum Gasteiger partial charge on any atom is -0.460 e. The largest absolute Gasteiger partial charge is 0.460 e. The lowest BCUT2D eigenvalue weighted by molar-refractivity contribution is -0.165. The number of ether oxygens (including phenoxy) is 1. The Labute approximate surface area is 109 Å². The van der Waals surface area contributed by atoms with Gasteiger partial charge in [0.25, 0.3) is 0 Å². The van der Waals surface area contributed by atoms with E-state index in [2.05, 4.69) is 20.1 Å².